The van der Waals surface area contributed by atoms with Gasteiger partial charge in [-0.05, 0) is 194 Å². The third-order valence-electron chi connectivity index (χ3n) is 17.0. The van der Waals surface area contributed by atoms with Crippen LogP contribution in [-0.4, -0.2) is 46.0 Å². The van der Waals surface area contributed by atoms with E-state index in [4.69, 9.17) is 0 Å². The molecule has 0 amide bonds. The number of fused-ring (bicyclic) bond motifs is 2. The van der Waals surface area contributed by atoms with Gasteiger partial charge in [0.25, 0.3) is 0 Å². The Bertz CT molecular complexity index is 4600. The Morgan fingerprint density at radius 2 is 0.600 bits per heavy atom. The molecule has 9 N–H and O–H groups in total. The van der Waals surface area contributed by atoms with Crippen LogP contribution >= 0.6 is 0 Å². The second-order valence-corrected chi connectivity index (χ2v) is 26.0. The lowest BCUT2D eigenvalue weighted by atomic mass is 9.94. The molecular formula is C86H90O9. The number of hydrogen-bond acceptors (Lipinski definition) is 9. The van der Waals surface area contributed by atoms with Crippen LogP contribution in [0.5, 0.6) is 51.7 Å². The van der Waals surface area contributed by atoms with Gasteiger partial charge in [-0.25, -0.2) is 0 Å². The van der Waals surface area contributed by atoms with Gasteiger partial charge in [0.2, 0.25) is 0 Å². The Morgan fingerprint density at radius 1 is 0.221 bits per heavy atom. The second kappa shape index (κ2) is 31.3. The number of aromatic hydroxyl groups is 9. The number of benzene rings is 12. The van der Waals surface area contributed by atoms with Gasteiger partial charge in [0.05, 0.1) is 0 Å². The molecule has 9 heteroatoms. The Kier molecular flexibility index (Phi) is 23.2. The molecule has 0 heterocycles. The lowest BCUT2D eigenvalue weighted by molar-refractivity contribution is 0.398. The Morgan fingerprint density at radius 3 is 1.06 bits per heavy atom. The summed E-state index contributed by atoms with van der Waals surface area (Å²) in [6, 6.07) is 73.0. The summed E-state index contributed by atoms with van der Waals surface area (Å²) in [4.78, 5) is 0. The highest BCUT2D eigenvalue weighted by Crippen LogP contribution is 2.44. The summed E-state index contributed by atoms with van der Waals surface area (Å²) in [5.41, 5.74) is 17.2. The molecule has 95 heavy (non-hydrogen) atoms. The van der Waals surface area contributed by atoms with Gasteiger partial charge >= 0.3 is 0 Å². The van der Waals surface area contributed by atoms with Crippen molar-refractivity contribution in [1.29, 1.82) is 0 Å². The maximum atomic E-state index is 10.2. The molecular weight excluding hydrogens is 1180 g/mol. The predicted octanol–water partition coefficient (Wildman–Crippen LogP) is 23.0. The average Bonchev–Trinajstić information content (AvgIpc) is 0.846. The van der Waals surface area contributed by atoms with E-state index in [2.05, 4.69) is 84.0 Å². The molecule has 0 saturated heterocycles. The summed E-state index contributed by atoms with van der Waals surface area (Å²) in [5, 5.41) is 94.2. The zero-order valence-electron chi connectivity index (χ0n) is 56.8. The van der Waals surface area contributed by atoms with Gasteiger partial charge in [-0.15, -0.1) is 0 Å². The normalized spacial score (nSPS) is 11.0. The van der Waals surface area contributed by atoms with Crippen LogP contribution in [0.25, 0.3) is 77.2 Å². The molecule has 12 aromatic carbocycles. The Labute approximate surface area is 560 Å². The molecule has 488 valence electrons. The monoisotopic (exact) mass is 1270 g/mol. The van der Waals surface area contributed by atoms with Crippen molar-refractivity contribution in [2.24, 2.45) is 0 Å². The molecule has 0 saturated carbocycles. The van der Waals surface area contributed by atoms with Gasteiger partial charge in [-0.2, -0.15) is 0 Å². The van der Waals surface area contributed by atoms with Crippen molar-refractivity contribution < 1.29 is 46.0 Å². The maximum Gasteiger partial charge on any atom is 0.165 e. The molecule has 0 unspecified atom stereocenters. The van der Waals surface area contributed by atoms with E-state index in [0.717, 1.165) is 88.5 Å². The van der Waals surface area contributed by atoms with Crippen molar-refractivity contribution >= 4 is 21.5 Å². The standard InChI is InChI=1S/2C19H18O2.2C16H18O2.C16H18O/c1-12(2)17-10-16(11-18(20)19(17)21)15-8-7-13-5-3-4-6-14(13)9-15;1-12(2)16-10-17(19(21)18(20)11-16)15-8-7-13-5-3-4-6-14(13)9-15;1-10(2)14-8-13(9-15(17)16(14)18)12-6-4-11(3)5-7-12;1-10(2)13-8-14(16(18)15(17)9-13)12-6-4-11(3)5-7-12;1-11(2)13-7-5-8-14(10-13)15-9-4-6-12(3)16(15)17/h2*3-12,20-21H,1-2H3;2*4-10,17-18H,1-3H3;4-11,17H,1-3H3. The largest absolute Gasteiger partial charge is 0.507 e. The van der Waals surface area contributed by atoms with E-state index < -0.39 is 0 Å². The highest BCUT2D eigenvalue weighted by Gasteiger charge is 2.18. The van der Waals surface area contributed by atoms with E-state index in [9.17, 15) is 46.0 Å². The topological polar surface area (TPSA) is 182 Å². The number of phenols is 9. The third kappa shape index (κ3) is 17.5. The molecule has 0 bridgehead atoms. The molecule has 0 fully saturated rings. The molecule has 0 aliphatic heterocycles. The SMILES string of the molecule is CC(C)c1cc(-c2ccc3ccccc3c2)cc(O)c1O.CC(C)c1cc(O)c(O)c(-c2ccc3ccccc3c2)c1.Cc1ccc(-c2cc(C(C)C)cc(O)c2O)cc1.Cc1ccc(-c2cc(O)c(O)c(C(C)C)c2)cc1.Cc1cccc(-c2cccc(C(C)C)c2)c1O. The summed E-state index contributed by atoms with van der Waals surface area (Å²) in [7, 11) is 0. The second-order valence-electron chi connectivity index (χ2n) is 26.0. The summed E-state index contributed by atoms with van der Waals surface area (Å²) >= 11 is 0. The van der Waals surface area contributed by atoms with Crippen LogP contribution < -0.4 is 0 Å². The van der Waals surface area contributed by atoms with E-state index in [1.165, 1.54) is 22.1 Å². The van der Waals surface area contributed by atoms with Crippen LogP contribution in [0.3, 0.4) is 0 Å². The summed E-state index contributed by atoms with van der Waals surface area (Å²) in [6.07, 6.45) is 0. The Hall–Kier alpha value is -10.6. The lowest BCUT2D eigenvalue weighted by Crippen LogP contribution is -1.90. The summed E-state index contributed by atoms with van der Waals surface area (Å²) < 4.78 is 0. The minimum Gasteiger partial charge on any atom is -0.507 e. The first-order chi connectivity index (χ1) is 45.2. The van der Waals surface area contributed by atoms with Gasteiger partial charge in [0.1, 0.15) is 5.75 Å². The average molecular weight is 1270 g/mol. The first kappa shape index (κ1) is 70.2. The van der Waals surface area contributed by atoms with Gasteiger partial charge in [-0.3, -0.25) is 0 Å². The molecule has 0 aliphatic rings. The molecule has 12 rings (SSSR count). The Balaban J connectivity index is 0.000000153. The fraction of sp³-hybridized carbons (Fsp3) is 0.209. The molecule has 0 atom stereocenters. The van der Waals surface area contributed by atoms with Crippen molar-refractivity contribution in [3.63, 3.8) is 0 Å². The fourth-order valence-electron chi connectivity index (χ4n) is 11.0. The van der Waals surface area contributed by atoms with Crippen LogP contribution in [-0.2, 0) is 0 Å². The third-order valence-corrected chi connectivity index (χ3v) is 17.0. The van der Waals surface area contributed by atoms with E-state index in [-0.39, 0.29) is 63.7 Å². The zero-order valence-corrected chi connectivity index (χ0v) is 56.8. The minimum absolute atomic E-state index is 0.0131. The number of hydrogen-bond donors (Lipinski definition) is 9. The highest BCUT2D eigenvalue weighted by atomic mass is 16.3. The van der Waals surface area contributed by atoms with Gasteiger partial charge < -0.3 is 46.0 Å². The van der Waals surface area contributed by atoms with Crippen LogP contribution in [0, 0.1) is 20.8 Å². The molecule has 12 aromatic rings. The first-order valence-electron chi connectivity index (χ1n) is 32.4. The molecule has 0 aromatic heterocycles. The fourth-order valence-corrected chi connectivity index (χ4v) is 11.0. The maximum absolute atomic E-state index is 10.2. The molecule has 0 aliphatic carbocycles. The quantitative estimate of drug-likeness (QED) is 0.0602. The molecule has 0 spiro atoms. The smallest absolute Gasteiger partial charge is 0.165 e. The highest BCUT2D eigenvalue weighted by molar-refractivity contribution is 5.90. The van der Waals surface area contributed by atoms with Crippen molar-refractivity contribution in [2.45, 2.75) is 120 Å². The van der Waals surface area contributed by atoms with Crippen molar-refractivity contribution in [3.05, 3.63) is 269 Å². The zero-order chi connectivity index (χ0) is 68.9. The van der Waals surface area contributed by atoms with E-state index in [1.807, 2.05) is 206 Å². The van der Waals surface area contributed by atoms with Crippen LogP contribution in [0.1, 0.15) is 143 Å². The van der Waals surface area contributed by atoms with Gasteiger partial charge in [-0.1, -0.05) is 244 Å². The minimum atomic E-state index is -0.0654. The number of rotatable bonds is 10. The number of para-hydroxylation sites is 1. The predicted molar refractivity (Wildman–Crippen MR) is 394 cm³/mol. The van der Waals surface area contributed by atoms with Crippen molar-refractivity contribution in [2.75, 3.05) is 0 Å². The number of phenolic OH excluding ortho intramolecular Hbond substituents is 9. The van der Waals surface area contributed by atoms with Crippen LogP contribution in [0.15, 0.2) is 224 Å². The van der Waals surface area contributed by atoms with Gasteiger partial charge in [0.15, 0.2) is 46.0 Å². The van der Waals surface area contributed by atoms with E-state index in [1.54, 1.807) is 24.3 Å². The molecule has 0 radical (unpaired) electrons. The van der Waals surface area contributed by atoms with E-state index in [0.29, 0.717) is 28.7 Å². The number of aryl methyl sites for hydroxylation is 3. The molecule has 9 nitrogen and oxygen atoms in total. The van der Waals surface area contributed by atoms with Crippen molar-refractivity contribution in [1.82, 2.24) is 0 Å². The van der Waals surface area contributed by atoms with E-state index >= 15 is 0 Å². The van der Waals surface area contributed by atoms with Crippen molar-refractivity contribution in [3.8, 4) is 107 Å². The first-order valence-corrected chi connectivity index (χ1v) is 32.4. The summed E-state index contributed by atoms with van der Waals surface area (Å²) in [5.74, 6) is 1.40. The van der Waals surface area contributed by atoms with Gasteiger partial charge in [0, 0.05) is 27.8 Å². The van der Waals surface area contributed by atoms with Crippen LogP contribution in [0.2, 0.25) is 0 Å². The van der Waals surface area contributed by atoms with Crippen LogP contribution in [0.4, 0.5) is 0 Å². The lowest BCUT2D eigenvalue weighted by Gasteiger charge is -2.13. The summed E-state index contributed by atoms with van der Waals surface area (Å²) in [6.45, 7) is 26.6.